The fourth-order valence-electron chi connectivity index (χ4n) is 3.58. The Morgan fingerprint density at radius 1 is 1.03 bits per heavy atom. The number of carbonyl (C=O) groups is 1. The molecule has 1 saturated carbocycles. The average Bonchev–Trinajstić information content (AvgIpc) is 3.31. The number of ketones is 1. The summed E-state index contributed by atoms with van der Waals surface area (Å²) in [6.07, 6.45) is 0.782. The lowest BCUT2D eigenvalue weighted by Gasteiger charge is -2.18. The van der Waals surface area contributed by atoms with E-state index in [2.05, 4.69) is 5.32 Å². The number of fused-ring (bicyclic) bond motifs is 1. The average molecular weight is 394 g/mol. The molecular formula is C22H22N2O5. The van der Waals surface area contributed by atoms with E-state index in [0.29, 0.717) is 52.8 Å². The van der Waals surface area contributed by atoms with Crippen molar-refractivity contribution in [2.75, 3.05) is 26.3 Å². The van der Waals surface area contributed by atoms with Crippen molar-refractivity contribution >= 4 is 22.9 Å². The van der Waals surface area contributed by atoms with Crippen molar-refractivity contribution in [2.45, 2.75) is 19.8 Å². The van der Waals surface area contributed by atoms with Crippen molar-refractivity contribution in [3.05, 3.63) is 47.0 Å². The Morgan fingerprint density at radius 2 is 1.76 bits per heavy atom. The summed E-state index contributed by atoms with van der Waals surface area (Å²) in [4.78, 5) is 12.6. The van der Waals surface area contributed by atoms with Gasteiger partial charge in [-0.15, -0.1) is 0 Å². The molecule has 1 aliphatic carbocycles. The van der Waals surface area contributed by atoms with E-state index in [1.165, 1.54) is 0 Å². The Kier molecular flexibility index (Phi) is 4.88. The zero-order valence-corrected chi connectivity index (χ0v) is 16.5. The smallest absolute Gasteiger partial charge is 0.231 e. The third-order valence-electron chi connectivity index (χ3n) is 5.07. The van der Waals surface area contributed by atoms with E-state index in [1.807, 2.05) is 25.1 Å². The molecule has 29 heavy (non-hydrogen) atoms. The van der Waals surface area contributed by atoms with Crippen LogP contribution in [0.5, 0.6) is 23.0 Å². The molecule has 7 heteroatoms. The van der Waals surface area contributed by atoms with E-state index in [0.717, 1.165) is 16.8 Å². The van der Waals surface area contributed by atoms with Gasteiger partial charge in [-0.25, -0.2) is 0 Å². The first-order valence-corrected chi connectivity index (χ1v) is 9.26. The highest BCUT2D eigenvalue weighted by Crippen LogP contribution is 2.40. The minimum absolute atomic E-state index is 0.0463. The summed E-state index contributed by atoms with van der Waals surface area (Å²) in [6, 6.07) is 9.17. The van der Waals surface area contributed by atoms with Gasteiger partial charge in [0.1, 0.15) is 0 Å². The zero-order valence-electron chi connectivity index (χ0n) is 16.5. The summed E-state index contributed by atoms with van der Waals surface area (Å²) < 4.78 is 21.7. The molecule has 0 aromatic heterocycles. The summed E-state index contributed by atoms with van der Waals surface area (Å²) in [5, 5.41) is 11.7. The van der Waals surface area contributed by atoms with E-state index in [4.69, 9.17) is 24.4 Å². The lowest BCUT2D eigenvalue weighted by atomic mass is 9.98. The van der Waals surface area contributed by atoms with Gasteiger partial charge in [0, 0.05) is 29.4 Å². The van der Waals surface area contributed by atoms with Crippen LogP contribution in [0.2, 0.25) is 0 Å². The van der Waals surface area contributed by atoms with E-state index in [-0.39, 0.29) is 12.6 Å². The van der Waals surface area contributed by atoms with Gasteiger partial charge in [-0.2, -0.15) is 0 Å². The maximum absolute atomic E-state index is 12.6. The largest absolute Gasteiger partial charge is 0.493 e. The van der Waals surface area contributed by atoms with Gasteiger partial charge in [-0.1, -0.05) is 0 Å². The predicted molar refractivity (Wildman–Crippen MR) is 109 cm³/mol. The second kappa shape index (κ2) is 7.50. The first-order valence-electron chi connectivity index (χ1n) is 9.26. The van der Waals surface area contributed by atoms with E-state index in [9.17, 15) is 4.79 Å². The predicted octanol–water partition coefficient (Wildman–Crippen LogP) is 3.95. The van der Waals surface area contributed by atoms with Gasteiger partial charge in [0.2, 0.25) is 6.79 Å². The first-order chi connectivity index (χ1) is 14.0. The van der Waals surface area contributed by atoms with Crippen molar-refractivity contribution in [3.8, 4) is 23.0 Å². The van der Waals surface area contributed by atoms with Crippen molar-refractivity contribution in [2.24, 2.45) is 0 Å². The van der Waals surface area contributed by atoms with Gasteiger partial charge in [0.05, 0.1) is 25.5 Å². The maximum atomic E-state index is 12.6. The van der Waals surface area contributed by atoms with Crippen LogP contribution >= 0.6 is 0 Å². The molecule has 1 aliphatic heterocycles. The summed E-state index contributed by atoms with van der Waals surface area (Å²) in [6.45, 7) is 2.11. The Morgan fingerprint density at radius 3 is 2.41 bits per heavy atom. The van der Waals surface area contributed by atoms with Crippen molar-refractivity contribution in [1.29, 1.82) is 5.41 Å². The molecule has 0 atom stereocenters. The van der Waals surface area contributed by atoms with Crippen LogP contribution in [0.3, 0.4) is 0 Å². The molecule has 2 N–H and O–H groups in total. The number of Topliss-reactive ketones (excluding diaryl/α,β-unsaturated/α-hetero) is 1. The van der Waals surface area contributed by atoms with Gasteiger partial charge in [0.15, 0.2) is 28.8 Å². The Labute approximate surface area is 168 Å². The van der Waals surface area contributed by atoms with Crippen LogP contribution < -0.4 is 24.3 Å². The summed E-state index contributed by atoms with van der Waals surface area (Å²) in [5.74, 6) is 2.42. The van der Waals surface area contributed by atoms with Crippen LogP contribution in [0.4, 0.5) is 5.69 Å². The number of rotatable bonds is 5. The van der Waals surface area contributed by atoms with Crippen LogP contribution in [-0.4, -0.2) is 32.5 Å². The van der Waals surface area contributed by atoms with Crippen LogP contribution in [0.25, 0.3) is 5.70 Å². The topological polar surface area (TPSA) is 89.9 Å². The lowest BCUT2D eigenvalue weighted by Crippen LogP contribution is -2.11. The molecule has 0 amide bonds. The molecule has 0 saturated heterocycles. The second-order valence-electron chi connectivity index (χ2n) is 6.87. The number of methoxy groups -OCH3 is 2. The molecule has 0 spiro atoms. The molecule has 0 bridgehead atoms. The number of hydrogen-bond acceptors (Lipinski definition) is 7. The van der Waals surface area contributed by atoms with Crippen LogP contribution in [-0.2, 0) is 4.79 Å². The highest BCUT2D eigenvalue weighted by Gasteiger charge is 2.29. The highest BCUT2D eigenvalue weighted by molar-refractivity contribution is 6.31. The second-order valence-corrected chi connectivity index (χ2v) is 6.87. The Hall–Kier alpha value is -3.48. The van der Waals surface area contributed by atoms with Crippen molar-refractivity contribution < 1.29 is 23.7 Å². The third-order valence-corrected chi connectivity index (χ3v) is 5.07. The normalized spacial score (nSPS) is 16.8. The van der Waals surface area contributed by atoms with E-state index < -0.39 is 0 Å². The maximum Gasteiger partial charge on any atom is 0.231 e. The fourth-order valence-corrected chi connectivity index (χ4v) is 3.58. The molecular weight excluding hydrogens is 372 g/mol. The van der Waals surface area contributed by atoms with Gasteiger partial charge in [0.25, 0.3) is 0 Å². The molecule has 1 heterocycles. The monoisotopic (exact) mass is 394 g/mol. The summed E-state index contributed by atoms with van der Waals surface area (Å²) >= 11 is 0. The molecule has 150 valence electrons. The van der Waals surface area contributed by atoms with Gasteiger partial charge >= 0.3 is 0 Å². The van der Waals surface area contributed by atoms with Gasteiger partial charge in [-0.3, -0.25) is 4.79 Å². The van der Waals surface area contributed by atoms with Gasteiger partial charge in [-0.05, 0) is 43.2 Å². The highest BCUT2D eigenvalue weighted by atomic mass is 16.7. The number of carbonyl (C=O) groups excluding carboxylic acids is 1. The molecule has 2 aromatic carbocycles. The minimum atomic E-state index is -0.0463. The van der Waals surface area contributed by atoms with E-state index >= 15 is 0 Å². The quantitative estimate of drug-likeness (QED) is 0.747. The Balaban J connectivity index is 1.85. The number of aryl methyl sites for hydroxylation is 1. The molecule has 4 rings (SSSR count). The molecule has 2 aliphatic rings. The molecule has 2 aromatic rings. The van der Waals surface area contributed by atoms with Gasteiger partial charge < -0.3 is 29.7 Å². The van der Waals surface area contributed by atoms with Crippen LogP contribution in [0.15, 0.2) is 35.9 Å². The third kappa shape index (κ3) is 3.40. The van der Waals surface area contributed by atoms with Crippen LogP contribution in [0, 0.1) is 12.3 Å². The Bertz CT molecular complexity index is 1020. The minimum Gasteiger partial charge on any atom is -0.493 e. The van der Waals surface area contributed by atoms with E-state index in [1.54, 1.807) is 26.4 Å². The number of nitrogens with one attached hydrogen (secondary N) is 2. The van der Waals surface area contributed by atoms with Crippen molar-refractivity contribution in [3.63, 3.8) is 0 Å². The fraction of sp³-hybridized carbons (Fsp3) is 0.273. The molecule has 0 radical (unpaired) electrons. The SMILES string of the molecule is COc1ccc(N/C(=C2/C(=N)CCC2=O)c2cc3c(cc2C)OCO3)cc1OC. The number of benzene rings is 2. The molecule has 1 fully saturated rings. The zero-order chi connectivity index (χ0) is 20.5. The number of ether oxygens (including phenoxy) is 4. The van der Waals surface area contributed by atoms with Crippen LogP contribution in [0.1, 0.15) is 24.0 Å². The number of hydrogen-bond donors (Lipinski definition) is 2. The first kappa shape index (κ1) is 18.9. The molecule has 0 unspecified atom stereocenters. The lowest BCUT2D eigenvalue weighted by molar-refractivity contribution is -0.114. The number of allylic oxidation sites excluding steroid dienone is 1. The summed E-state index contributed by atoms with van der Waals surface area (Å²) in [5.41, 5.74) is 3.74. The van der Waals surface area contributed by atoms with Crippen molar-refractivity contribution in [1.82, 2.24) is 0 Å². The standard InChI is InChI=1S/C22H22N2O5/c1-12-8-19-20(29-11-28-19)10-14(12)22(21-15(23)5-6-16(21)25)24-13-4-7-17(26-2)18(9-13)27-3/h4,7-10,23-24H,5-6,11H2,1-3H3/b22-21-,23-15?. The summed E-state index contributed by atoms with van der Waals surface area (Å²) in [7, 11) is 3.14. The molecule has 7 nitrogen and oxygen atoms in total. The number of anilines is 1.